The molecule has 1 atom stereocenters. The van der Waals surface area contributed by atoms with Crippen LogP contribution in [0.5, 0.6) is 0 Å². The summed E-state index contributed by atoms with van der Waals surface area (Å²) in [6, 6.07) is 0. The van der Waals surface area contributed by atoms with Crippen LogP contribution in [0.15, 0.2) is 6.20 Å². The number of hydrogen-bond acceptors (Lipinski definition) is 5. The molecule has 0 aromatic carbocycles. The lowest BCUT2D eigenvalue weighted by atomic mass is 9.79. The Labute approximate surface area is 110 Å². The quantitative estimate of drug-likeness (QED) is 0.826. The molecule has 1 aromatic heterocycles. The molecule has 0 amide bonds. The average molecular weight is 267 g/mol. The third kappa shape index (κ3) is 2.31. The lowest BCUT2D eigenvalue weighted by Crippen LogP contribution is -2.44. The Morgan fingerprint density at radius 1 is 1.50 bits per heavy atom. The van der Waals surface area contributed by atoms with Crippen molar-refractivity contribution in [3.63, 3.8) is 0 Å². The molecule has 6 heteroatoms. The molecule has 0 bridgehead atoms. The predicted molar refractivity (Wildman–Crippen MR) is 68.7 cm³/mol. The molecule has 0 saturated carbocycles. The van der Waals surface area contributed by atoms with Crippen LogP contribution < -0.4 is 0 Å². The van der Waals surface area contributed by atoms with Crippen LogP contribution in [0.1, 0.15) is 36.2 Å². The first-order chi connectivity index (χ1) is 8.79. The Balaban J connectivity index is 1.72. The lowest BCUT2D eigenvalue weighted by Gasteiger charge is -2.42. The van der Waals surface area contributed by atoms with Gasteiger partial charge in [0.05, 0.1) is 11.8 Å². The molecule has 2 saturated heterocycles. The Morgan fingerprint density at radius 3 is 3.06 bits per heavy atom. The second-order valence-electron chi connectivity index (χ2n) is 5.05. The highest BCUT2D eigenvalue weighted by Crippen LogP contribution is 2.40. The molecule has 18 heavy (non-hydrogen) atoms. The van der Waals surface area contributed by atoms with E-state index in [4.69, 9.17) is 4.74 Å². The van der Waals surface area contributed by atoms with Gasteiger partial charge >= 0.3 is 0 Å². The number of nitrogens with zero attached hydrogens (tertiary/aromatic N) is 2. The van der Waals surface area contributed by atoms with Crippen LogP contribution in [0.25, 0.3) is 0 Å². The molecule has 5 nitrogen and oxygen atoms in total. The second-order valence-corrected chi connectivity index (χ2v) is 6.28. The molecule has 2 fully saturated rings. The van der Waals surface area contributed by atoms with E-state index >= 15 is 0 Å². The normalized spacial score (nSPS) is 27.2. The van der Waals surface area contributed by atoms with Crippen LogP contribution in [-0.4, -0.2) is 44.9 Å². The van der Waals surface area contributed by atoms with Gasteiger partial charge in [0.2, 0.25) is 0 Å². The van der Waals surface area contributed by atoms with Gasteiger partial charge in [-0.2, -0.15) is 27.2 Å². The van der Waals surface area contributed by atoms with Gasteiger partial charge in [-0.3, -0.25) is 4.79 Å². The van der Waals surface area contributed by atoms with Gasteiger partial charge in [-0.25, -0.2) is 0 Å². The Morgan fingerprint density at radius 2 is 2.33 bits per heavy atom. The maximum Gasteiger partial charge on any atom is 0.187 e. The van der Waals surface area contributed by atoms with Crippen LogP contribution in [0.3, 0.4) is 0 Å². The summed E-state index contributed by atoms with van der Waals surface area (Å²) < 4.78 is 5.99. The first kappa shape index (κ1) is 12.2. The first-order valence-electron chi connectivity index (χ1n) is 6.41. The third-order valence-corrected chi connectivity index (χ3v) is 4.92. The van der Waals surface area contributed by atoms with Crippen molar-refractivity contribution in [2.24, 2.45) is 5.92 Å². The summed E-state index contributed by atoms with van der Waals surface area (Å²) in [7, 11) is 0. The molecule has 1 aromatic rings. The summed E-state index contributed by atoms with van der Waals surface area (Å²) in [5.74, 6) is 2.45. The topological polar surface area (TPSA) is 67.9 Å². The average Bonchev–Trinajstić information content (AvgIpc) is 2.93. The van der Waals surface area contributed by atoms with E-state index in [0.717, 1.165) is 37.2 Å². The molecule has 1 spiro atoms. The van der Waals surface area contributed by atoms with Crippen molar-refractivity contribution in [2.45, 2.75) is 31.3 Å². The third-order valence-electron chi connectivity index (χ3n) is 3.94. The lowest BCUT2D eigenvalue weighted by molar-refractivity contribution is -0.0960. The minimum absolute atomic E-state index is 0.0481. The zero-order valence-electron chi connectivity index (χ0n) is 10.2. The van der Waals surface area contributed by atoms with Crippen molar-refractivity contribution < 1.29 is 9.53 Å². The number of rotatable bonds is 2. The highest BCUT2D eigenvalue weighted by Gasteiger charge is 2.41. The van der Waals surface area contributed by atoms with Gasteiger partial charge in [-0.05, 0) is 37.2 Å². The smallest absolute Gasteiger partial charge is 0.187 e. The van der Waals surface area contributed by atoms with Gasteiger partial charge in [0, 0.05) is 12.5 Å². The fraction of sp³-hybridized carbons (Fsp3) is 0.750. The number of carbonyl (C=O) groups is 1. The number of ketones is 1. The molecule has 1 N–H and O–H groups in total. The minimum atomic E-state index is -0.0481. The molecule has 1 unspecified atom stereocenters. The Bertz CT molecular complexity index is 409. The van der Waals surface area contributed by atoms with Gasteiger partial charge < -0.3 is 4.74 Å². The number of thioether (sulfide) groups is 1. The summed E-state index contributed by atoms with van der Waals surface area (Å²) in [6.45, 7) is 0.693. The molecule has 0 radical (unpaired) electrons. The SMILES string of the molecule is O=C(c1cn[nH]n1)C1CCOC2(CCSCC2)C1. The largest absolute Gasteiger partial charge is 0.375 e. The fourth-order valence-electron chi connectivity index (χ4n) is 2.87. The number of aromatic nitrogens is 3. The molecule has 2 aliphatic rings. The number of nitrogens with one attached hydrogen (secondary N) is 1. The van der Waals surface area contributed by atoms with Crippen molar-refractivity contribution >= 4 is 17.5 Å². The molecule has 98 valence electrons. The number of H-pyrrole nitrogens is 1. The summed E-state index contributed by atoms with van der Waals surface area (Å²) in [4.78, 5) is 12.3. The van der Waals surface area contributed by atoms with E-state index in [1.165, 1.54) is 6.20 Å². The zero-order valence-corrected chi connectivity index (χ0v) is 11.0. The van der Waals surface area contributed by atoms with Crippen LogP contribution in [0, 0.1) is 5.92 Å². The number of aromatic amines is 1. The van der Waals surface area contributed by atoms with Crippen LogP contribution >= 0.6 is 11.8 Å². The van der Waals surface area contributed by atoms with Crippen molar-refractivity contribution in [2.75, 3.05) is 18.1 Å². The molecular formula is C12H17N3O2S. The van der Waals surface area contributed by atoms with Crippen molar-refractivity contribution in [1.29, 1.82) is 0 Å². The number of Topliss-reactive ketones (excluding diaryl/α,β-unsaturated/α-hetero) is 1. The van der Waals surface area contributed by atoms with E-state index in [1.54, 1.807) is 0 Å². The molecular weight excluding hydrogens is 250 g/mol. The van der Waals surface area contributed by atoms with E-state index in [1.807, 2.05) is 11.8 Å². The molecule has 0 aliphatic carbocycles. The molecule has 2 aliphatic heterocycles. The highest BCUT2D eigenvalue weighted by atomic mass is 32.2. The summed E-state index contributed by atoms with van der Waals surface area (Å²) in [5, 5.41) is 10.1. The fourth-order valence-corrected chi connectivity index (χ4v) is 4.11. The van der Waals surface area contributed by atoms with E-state index in [9.17, 15) is 4.79 Å². The van der Waals surface area contributed by atoms with Crippen LogP contribution in [0.4, 0.5) is 0 Å². The van der Waals surface area contributed by atoms with E-state index in [-0.39, 0.29) is 17.3 Å². The van der Waals surface area contributed by atoms with E-state index in [2.05, 4.69) is 15.4 Å². The van der Waals surface area contributed by atoms with Crippen LogP contribution in [0.2, 0.25) is 0 Å². The molecule has 3 rings (SSSR count). The summed E-state index contributed by atoms with van der Waals surface area (Å²) in [6.07, 6.45) is 5.31. The number of ether oxygens (including phenoxy) is 1. The Hall–Kier alpha value is -0.880. The minimum Gasteiger partial charge on any atom is -0.375 e. The summed E-state index contributed by atoms with van der Waals surface area (Å²) in [5.41, 5.74) is 0.412. The second kappa shape index (κ2) is 5.01. The summed E-state index contributed by atoms with van der Waals surface area (Å²) >= 11 is 1.98. The first-order valence-corrected chi connectivity index (χ1v) is 7.56. The maximum atomic E-state index is 12.3. The van der Waals surface area contributed by atoms with Gasteiger partial charge in [-0.1, -0.05) is 0 Å². The van der Waals surface area contributed by atoms with Gasteiger partial charge in [0.25, 0.3) is 0 Å². The predicted octanol–water partition coefficient (Wildman–Crippen LogP) is 1.68. The van der Waals surface area contributed by atoms with Crippen molar-refractivity contribution in [3.05, 3.63) is 11.9 Å². The van der Waals surface area contributed by atoms with Crippen LogP contribution in [-0.2, 0) is 4.74 Å². The number of hydrogen-bond donors (Lipinski definition) is 1. The van der Waals surface area contributed by atoms with Gasteiger partial charge in [0.1, 0.15) is 5.69 Å². The maximum absolute atomic E-state index is 12.3. The van der Waals surface area contributed by atoms with E-state index < -0.39 is 0 Å². The van der Waals surface area contributed by atoms with Gasteiger partial charge in [-0.15, -0.1) is 0 Å². The standard InChI is InChI=1S/C12H17N3O2S/c16-11(10-8-13-15-14-10)9-1-4-17-12(7-9)2-5-18-6-3-12/h8-9H,1-7H2,(H,13,14,15). The zero-order chi connectivity index (χ0) is 12.4. The molecule has 3 heterocycles. The number of carbonyl (C=O) groups excluding carboxylic acids is 1. The Kier molecular flexibility index (Phi) is 3.39. The monoisotopic (exact) mass is 267 g/mol. The highest BCUT2D eigenvalue weighted by molar-refractivity contribution is 7.99. The van der Waals surface area contributed by atoms with Crippen molar-refractivity contribution in [3.8, 4) is 0 Å². The van der Waals surface area contributed by atoms with Gasteiger partial charge in [0.15, 0.2) is 5.78 Å². The van der Waals surface area contributed by atoms with E-state index in [0.29, 0.717) is 12.3 Å². The van der Waals surface area contributed by atoms with Crippen molar-refractivity contribution in [1.82, 2.24) is 15.4 Å².